The molecule has 0 atom stereocenters. The molecule has 0 spiro atoms. The summed E-state index contributed by atoms with van der Waals surface area (Å²) in [6.07, 6.45) is -0.725. The first-order valence-electron chi connectivity index (χ1n) is 4.19. The van der Waals surface area contributed by atoms with Crippen molar-refractivity contribution in [3.05, 3.63) is 0 Å². The number of ether oxygens (including phenoxy) is 1. The van der Waals surface area contributed by atoms with E-state index >= 15 is 0 Å². The van der Waals surface area contributed by atoms with Gasteiger partial charge in [-0.25, -0.2) is 4.79 Å². The molecular formula is C9H22N2O2. The van der Waals surface area contributed by atoms with E-state index in [1.165, 1.54) is 0 Å². The molecule has 0 aliphatic heterocycles. The maximum Gasteiger partial charge on any atom is 0.405 e. The highest BCUT2D eigenvalue weighted by atomic mass is 16.6. The average Bonchev–Trinajstić information content (AvgIpc) is 1.47. The fourth-order valence-electron chi connectivity index (χ4n) is 0.302. The van der Waals surface area contributed by atoms with E-state index in [9.17, 15) is 4.79 Å². The minimum absolute atomic E-state index is 0. The van der Waals surface area contributed by atoms with Gasteiger partial charge in [0.2, 0.25) is 0 Å². The van der Waals surface area contributed by atoms with Gasteiger partial charge < -0.3 is 16.2 Å². The Morgan fingerprint density at radius 2 is 1.31 bits per heavy atom. The van der Waals surface area contributed by atoms with Crippen LogP contribution in [0.5, 0.6) is 0 Å². The molecule has 80 valence electrons. The van der Waals surface area contributed by atoms with E-state index in [1.54, 1.807) is 20.8 Å². The van der Waals surface area contributed by atoms with Gasteiger partial charge in [-0.3, -0.25) is 0 Å². The molecule has 0 aromatic heterocycles. The summed E-state index contributed by atoms with van der Waals surface area (Å²) in [5, 5.41) is 0. The molecule has 4 nitrogen and oxygen atoms in total. The monoisotopic (exact) mass is 190 g/mol. The Kier molecular flexibility index (Phi) is 5.74. The van der Waals surface area contributed by atoms with Gasteiger partial charge >= 0.3 is 6.09 Å². The van der Waals surface area contributed by atoms with Gasteiger partial charge in [-0.15, -0.1) is 0 Å². The summed E-state index contributed by atoms with van der Waals surface area (Å²) in [4.78, 5) is 10.0. The fourth-order valence-corrected chi connectivity index (χ4v) is 0.302. The SMILES string of the molecule is CC(C)(C)N.CC(C)(C)OC(N)=O. The van der Waals surface area contributed by atoms with Crippen LogP contribution in [0.4, 0.5) is 4.79 Å². The van der Waals surface area contributed by atoms with Crippen molar-refractivity contribution in [2.75, 3.05) is 0 Å². The van der Waals surface area contributed by atoms with Crippen molar-refractivity contribution in [1.29, 1.82) is 0 Å². The molecule has 0 aromatic rings. The van der Waals surface area contributed by atoms with E-state index in [0.717, 1.165) is 0 Å². The molecule has 0 radical (unpaired) electrons. The molecule has 0 aromatic carbocycles. The highest BCUT2D eigenvalue weighted by Crippen LogP contribution is 2.04. The van der Waals surface area contributed by atoms with Gasteiger partial charge in [-0.2, -0.15) is 0 Å². The van der Waals surface area contributed by atoms with Gasteiger partial charge in [0, 0.05) is 5.54 Å². The second-order valence-corrected chi connectivity index (χ2v) is 4.90. The lowest BCUT2D eigenvalue weighted by Gasteiger charge is -2.16. The van der Waals surface area contributed by atoms with Crippen LogP contribution in [0, 0.1) is 0 Å². The molecule has 0 saturated heterocycles. The van der Waals surface area contributed by atoms with E-state index < -0.39 is 11.7 Å². The molecule has 1 amide bonds. The standard InChI is InChI=1S/C5H11NO2.C4H11N/c1-5(2,3)8-4(6)7;1-4(2,3)5/h1-3H3,(H2,6,7);5H2,1-3H3. The van der Waals surface area contributed by atoms with Gasteiger partial charge in [0.1, 0.15) is 5.60 Å². The number of nitrogens with two attached hydrogens (primary N) is 2. The summed E-state index contributed by atoms with van der Waals surface area (Å²) in [5.41, 5.74) is 9.62. The zero-order valence-electron chi connectivity index (χ0n) is 9.47. The molecule has 0 rings (SSSR count). The summed E-state index contributed by atoms with van der Waals surface area (Å²) in [5.74, 6) is 0. The Hall–Kier alpha value is -0.770. The largest absolute Gasteiger partial charge is 0.444 e. The number of carbonyl (C=O) groups excluding carboxylic acids is 1. The van der Waals surface area contributed by atoms with Gasteiger partial charge in [-0.05, 0) is 41.5 Å². The third-order valence-corrected chi connectivity index (χ3v) is 0.407. The van der Waals surface area contributed by atoms with Crippen LogP contribution in [-0.2, 0) is 4.74 Å². The minimum Gasteiger partial charge on any atom is -0.444 e. The molecule has 4 N–H and O–H groups in total. The lowest BCUT2D eigenvalue weighted by atomic mass is 10.1. The lowest BCUT2D eigenvalue weighted by molar-refractivity contribution is 0.0600. The van der Waals surface area contributed by atoms with Crippen LogP contribution in [0.3, 0.4) is 0 Å². The van der Waals surface area contributed by atoms with E-state index in [2.05, 4.69) is 4.74 Å². The number of hydrogen-bond donors (Lipinski definition) is 2. The molecule has 0 heterocycles. The van der Waals surface area contributed by atoms with Crippen molar-refractivity contribution >= 4 is 6.09 Å². The second kappa shape index (κ2) is 5.07. The smallest absolute Gasteiger partial charge is 0.405 e. The lowest BCUT2D eigenvalue weighted by Crippen LogP contribution is -2.27. The highest BCUT2D eigenvalue weighted by molar-refractivity contribution is 5.65. The summed E-state index contributed by atoms with van der Waals surface area (Å²) in [7, 11) is 0. The number of hydrogen-bond acceptors (Lipinski definition) is 3. The maximum absolute atomic E-state index is 10.0. The van der Waals surface area contributed by atoms with Crippen molar-refractivity contribution in [1.82, 2.24) is 0 Å². The molecule has 4 heteroatoms. The molecule has 0 fully saturated rings. The van der Waals surface area contributed by atoms with Crippen molar-refractivity contribution in [2.45, 2.75) is 52.7 Å². The summed E-state index contributed by atoms with van der Waals surface area (Å²) >= 11 is 0. The molecule has 0 bridgehead atoms. The molecular weight excluding hydrogens is 168 g/mol. The molecule has 0 saturated carbocycles. The Morgan fingerprint density at radius 1 is 1.08 bits per heavy atom. The second-order valence-electron chi connectivity index (χ2n) is 4.90. The van der Waals surface area contributed by atoms with Crippen LogP contribution in [0.2, 0.25) is 0 Å². The zero-order chi connectivity index (χ0) is 11.3. The number of amides is 1. The predicted octanol–water partition coefficient (Wildman–Crippen LogP) is 1.62. The van der Waals surface area contributed by atoms with E-state index in [4.69, 9.17) is 11.5 Å². The van der Waals surface area contributed by atoms with E-state index in [-0.39, 0.29) is 5.54 Å². The molecule has 13 heavy (non-hydrogen) atoms. The molecule has 0 aliphatic carbocycles. The van der Waals surface area contributed by atoms with Crippen LogP contribution in [0.25, 0.3) is 0 Å². The Morgan fingerprint density at radius 3 is 1.31 bits per heavy atom. The third-order valence-electron chi connectivity index (χ3n) is 0.407. The quantitative estimate of drug-likeness (QED) is 0.609. The number of primary amides is 1. The molecule has 0 aliphatic rings. The van der Waals surface area contributed by atoms with Crippen molar-refractivity contribution < 1.29 is 9.53 Å². The van der Waals surface area contributed by atoms with Crippen LogP contribution in [0.15, 0.2) is 0 Å². The Bertz CT molecular complexity index is 148. The maximum atomic E-state index is 10.0. The van der Waals surface area contributed by atoms with Gasteiger partial charge in [0.15, 0.2) is 0 Å². The zero-order valence-corrected chi connectivity index (χ0v) is 9.47. The molecule has 0 unspecified atom stereocenters. The summed E-state index contributed by atoms with van der Waals surface area (Å²) in [6, 6.07) is 0. The Labute approximate surface area is 80.6 Å². The first-order valence-corrected chi connectivity index (χ1v) is 4.19. The highest BCUT2D eigenvalue weighted by Gasteiger charge is 2.12. The number of rotatable bonds is 0. The van der Waals surface area contributed by atoms with Crippen LogP contribution >= 0.6 is 0 Å². The average molecular weight is 190 g/mol. The van der Waals surface area contributed by atoms with Gasteiger partial charge in [-0.1, -0.05) is 0 Å². The van der Waals surface area contributed by atoms with E-state index in [1.807, 2.05) is 20.8 Å². The summed E-state index contributed by atoms with van der Waals surface area (Å²) in [6.45, 7) is 11.2. The third kappa shape index (κ3) is 53.5. The number of carbonyl (C=O) groups is 1. The normalized spacial score (nSPS) is 11.3. The Balaban J connectivity index is 0. The first kappa shape index (κ1) is 14.7. The van der Waals surface area contributed by atoms with Crippen LogP contribution in [-0.4, -0.2) is 17.2 Å². The van der Waals surface area contributed by atoms with Crippen LogP contribution in [0.1, 0.15) is 41.5 Å². The summed E-state index contributed by atoms with van der Waals surface area (Å²) < 4.78 is 4.58. The van der Waals surface area contributed by atoms with Gasteiger partial charge in [0.25, 0.3) is 0 Å². The van der Waals surface area contributed by atoms with Crippen molar-refractivity contribution in [3.8, 4) is 0 Å². The topological polar surface area (TPSA) is 78.3 Å². The first-order chi connectivity index (χ1) is 5.42. The van der Waals surface area contributed by atoms with Gasteiger partial charge in [0.05, 0.1) is 0 Å². The predicted molar refractivity (Wildman–Crippen MR) is 54.4 cm³/mol. The van der Waals surface area contributed by atoms with Crippen molar-refractivity contribution in [2.24, 2.45) is 11.5 Å². The van der Waals surface area contributed by atoms with Crippen LogP contribution < -0.4 is 11.5 Å². The fraction of sp³-hybridized carbons (Fsp3) is 0.889. The minimum atomic E-state index is -0.725. The van der Waals surface area contributed by atoms with Crippen molar-refractivity contribution in [3.63, 3.8) is 0 Å². The van der Waals surface area contributed by atoms with E-state index in [0.29, 0.717) is 0 Å².